The summed E-state index contributed by atoms with van der Waals surface area (Å²) >= 11 is 3.40. The monoisotopic (exact) mass is 243 g/mol. The van der Waals surface area contributed by atoms with Gasteiger partial charge in [0.05, 0.1) is 4.88 Å². The SMILES string of the molecule is CCSCCC(C)NC(=O)c1cccs1. The molecule has 0 fully saturated rings. The standard InChI is InChI=1S/C11H17NOS2/c1-3-14-8-6-9(2)12-11(13)10-5-4-7-15-10/h4-5,7,9H,3,6,8H2,1-2H3,(H,12,13). The lowest BCUT2D eigenvalue weighted by atomic mass is 10.2. The first-order valence-electron chi connectivity index (χ1n) is 5.16. The van der Waals surface area contributed by atoms with Gasteiger partial charge in [0, 0.05) is 6.04 Å². The van der Waals surface area contributed by atoms with E-state index in [1.807, 2.05) is 29.3 Å². The van der Waals surface area contributed by atoms with E-state index in [1.165, 1.54) is 11.3 Å². The molecule has 1 N–H and O–H groups in total. The zero-order valence-corrected chi connectivity index (χ0v) is 10.8. The highest BCUT2D eigenvalue weighted by Crippen LogP contribution is 2.09. The second-order valence-electron chi connectivity index (χ2n) is 3.34. The Labute approximate surface area is 99.5 Å². The highest BCUT2D eigenvalue weighted by molar-refractivity contribution is 7.99. The molecule has 0 aromatic carbocycles. The molecule has 84 valence electrons. The molecule has 1 atom stereocenters. The van der Waals surface area contributed by atoms with Gasteiger partial charge in [-0.2, -0.15) is 11.8 Å². The topological polar surface area (TPSA) is 29.1 Å². The Kier molecular flexibility index (Phi) is 5.79. The van der Waals surface area contributed by atoms with Crippen LogP contribution in [0, 0.1) is 0 Å². The number of amides is 1. The quantitative estimate of drug-likeness (QED) is 0.778. The Morgan fingerprint density at radius 3 is 3.07 bits per heavy atom. The van der Waals surface area contributed by atoms with E-state index >= 15 is 0 Å². The molecule has 4 heteroatoms. The highest BCUT2D eigenvalue weighted by atomic mass is 32.2. The molecule has 0 radical (unpaired) electrons. The highest BCUT2D eigenvalue weighted by Gasteiger charge is 2.09. The molecule has 0 bridgehead atoms. The van der Waals surface area contributed by atoms with E-state index in [1.54, 1.807) is 0 Å². The molecule has 1 aromatic heterocycles. The van der Waals surface area contributed by atoms with E-state index in [0.717, 1.165) is 22.8 Å². The average Bonchev–Trinajstić information content (AvgIpc) is 2.70. The first kappa shape index (κ1) is 12.6. The minimum atomic E-state index is 0.0546. The van der Waals surface area contributed by atoms with Gasteiger partial charge in [-0.1, -0.05) is 13.0 Å². The Morgan fingerprint density at radius 1 is 1.67 bits per heavy atom. The summed E-state index contributed by atoms with van der Waals surface area (Å²) in [5.41, 5.74) is 0. The van der Waals surface area contributed by atoms with E-state index in [9.17, 15) is 4.79 Å². The molecule has 1 rings (SSSR count). The molecule has 0 aliphatic rings. The zero-order valence-electron chi connectivity index (χ0n) is 9.16. The number of thioether (sulfide) groups is 1. The van der Waals surface area contributed by atoms with Crippen LogP contribution in [0.4, 0.5) is 0 Å². The Hall–Kier alpha value is -0.480. The van der Waals surface area contributed by atoms with Gasteiger partial charge in [-0.05, 0) is 36.3 Å². The van der Waals surface area contributed by atoms with E-state index in [2.05, 4.69) is 19.2 Å². The van der Waals surface area contributed by atoms with Gasteiger partial charge in [-0.3, -0.25) is 4.79 Å². The predicted molar refractivity (Wildman–Crippen MR) is 68.9 cm³/mol. The fraction of sp³-hybridized carbons (Fsp3) is 0.545. The van der Waals surface area contributed by atoms with Crippen LogP contribution in [-0.2, 0) is 0 Å². The van der Waals surface area contributed by atoms with E-state index in [0.29, 0.717) is 0 Å². The predicted octanol–water partition coefficient (Wildman–Crippen LogP) is 3.01. The number of carbonyl (C=O) groups is 1. The fourth-order valence-electron chi connectivity index (χ4n) is 1.18. The maximum Gasteiger partial charge on any atom is 0.261 e. The Morgan fingerprint density at radius 2 is 2.47 bits per heavy atom. The normalized spacial score (nSPS) is 12.4. The van der Waals surface area contributed by atoms with Crippen LogP contribution in [0.2, 0.25) is 0 Å². The summed E-state index contributed by atoms with van der Waals surface area (Å²) in [5, 5.41) is 4.92. The van der Waals surface area contributed by atoms with Crippen molar-refractivity contribution in [3.63, 3.8) is 0 Å². The molecule has 1 aromatic rings. The van der Waals surface area contributed by atoms with Crippen molar-refractivity contribution in [2.75, 3.05) is 11.5 Å². The number of nitrogens with one attached hydrogen (secondary N) is 1. The molecule has 0 aliphatic carbocycles. The first-order valence-corrected chi connectivity index (χ1v) is 7.19. The van der Waals surface area contributed by atoms with Gasteiger partial charge in [-0.25, -0.2) is 0 Å². The largest absolute Gasteiger partial charge is 0.349 e. The van der Waals surface area contributed by atoms with Crippen molar-refractivity contribution in [2.45, 2.75) is 26.3 Å². The van der Waals surface area contributed by atoms with Gasteiger partial charge in [0.1, 0.15) is 0 Å². The van der Waals surface area contributed by atoms with Crippen molar-refractivity contribution in [3.05, 3.63) is 22.4 Å². The van der Waals surface area contributed by atoms with Crippen LogP contribution < -0.4 is 5.32 Å². The minimum Gasteiger partial charge on any atom is -0.349 e. The van der Waals surface area contributed by atoms with Crippen LogP contribution in [0.3, 0.4) is 0 Å². The molecular formula is C11H17NOS2. The minimum absolute atomic E-state index is 0.0546. The van der Waals surface area contributed by atoms with Crippen LogP contribution in [0.1, 0.15) is 29.9 Å². The average molecular weight is 243 g/mol. The van der Waals surface area contributed by atoms with Gasteiger partial charge >= 0.3 is 0 Å². The maximum atomic E-state index is 11.6. The van der Waals surface area contributed by atoms with Crippen molar-refractivity contribution >= 4 is 29.0 Å². The smallest absolute Gasteiger partial charge is 0.261 e. The lowest BCUT2D eigenvalue weighted by Crippen LogP contribution is -2.32. The third-order valence-corrected chi connectivity index (χ3v) is 3.82. The summed E-state index contributed by atoms with van der Waals surface area (Å²) in [6.45, 7) is 4.21. The molecule has 0 aliphatic heterocycles. The molecule has 2 nitrogen and oxygen atoms in total. The summed E-state index contributed by atoms with van der Waals surface area (Å²) in [6, 6.07) is 4.02. The summed E-state index contributed by atoms with van der Waals surface area (Å²) < 4.78 is 0. The summed E-state index contributed by atoms with van der Waals surface area (Å²) in [7, 11) is 0. The van der Waals surface area contributed by atoms with E-state index in [-0.39, 0.29) is 11.9 Å². The van der Waals surface area contributed by atoms with Gasteiger partial charge in [-0.15, -0.1) is 11.3 Å². The second kappa shape index (κ2) is 6.90. The van der Waals surface area contributed by atoms with Crippen molar-refractivity contribution < 1.29 is 4.79 Å². The number of hydrogen-bond donors (Lipinski definition) is 1. The molecule has 15 heavy (non-hydrogen) atoms. The molecule has 1 amide bonds. The van der Waals surface area contributed by atoms with Crippen molar-refractivity contribution in [2.24, 2.45) is 0 Å². The van der Waals surface area contributed by atoms with Gasteiger partial charge in [0.15, 0.2) is 0 Å². The van der Waals surface area contributed by atoms with Crippen LogP contribution in [-0.4, -0.2) is 23.5 Å². The van der Waals surface area contributed by atoms with E-state index in [4.69, 9.17) is 0 Å². The van der Waals surface area contributed by atoms with Gasteiger partial charge < -0.3 is 5.32 Å². The van der Waals surface area contributed by atoms with Crippen LogP contribution in [0.15, 0.2) is 17.5 Å². The van der Waals surface area contributed by atoms with Crippen LogP contribution in [0.5, 0.6) is 0 Å². The summed E-state index contributed by atoms with van der Waals surface area (Å²) in [6.07, 6.45) is 1.04. The molecule has 1 unspecified atom stereocenters. The molecule has 1 heterocycles. The lowest BCUT2D eigenvalue weighted by molar-refractivity contribution is 0.0943. The third kappa shape index (κ3) is 4.71. The third-order valence-electron chi connectivity index (χ3n) is 2.02. The molecule has 0 spiro atoms. The van der Waals surface area contributed by atoms with Crippen LogP contribution >= 0.6 is 23.1 Å². The zero-order chi connectivity index (χ0) is 11.1. The molecular weight excluding hydrogens is 226 g/mol. The first-order chi connectivity index (χ1) is 7.24. The van der Waals surface area contributed by atoms with Crippen LogP contribution in [0.25, 0.3) is 0 Å². The molecule has 0 saturated carbocycles. The van der Waals surface area contributed by atoms with Gasteiger partial charge in [0.25, 0.3) is 5.91 Å². The number of thiophene rings is 1. The number of carbonyl (C=O) groups excluding carboxylic acids is 1. The van der Waals surface area contributed by atoms with E-state index < -0.39 is 0 Å². The summed E-state index contributed by atoms with van der Waals surface area (Å²) in [4.78, 5) is 12.4. The van der Waals surface area contributed by atoms with Crippen molar-refractivity contribution in [1.82, 2.24) is 5.32 Å². The Bertz CT molecular complexity index is 285. The maximum absolute atomic E-state index is 11.6. The Balaban J connectivity index is 2.26. The number of rotatable bonds is 6. The summed E-state index contributed by atoms with van der Waals surface area (Å²) in [5.74, 6) is 2.31. The second-order valence-corrected chi connectivity index (χ2v) is 5.68. The lowest BCUT2D eigenvalue weighted by Gasteiger charge is -2.12. The van der Waals surface area contributed by atoms with Crippen molar-refractivity contribution in [1.29, 1.82) is 0 Å². The van der Waals surface area contributed by atoms with Gasteiger partial charge in [0.2, 0.25) is 0 Å². The fourth-order valence-corrected chi connectivity index (χ4v) is 2.62. The molecule has 0 saturated heterocycles. The number of hydrogen-bond acceptors (Lipinski definition) is 3. The van der Waals surface area contributed by atoms with Crippen molar-refractivity contribution in [3.8, 4) is 0 Å².